The van der Waals surface area contributed by atoms with Gasteiger partial charge >= 0.3 is 0 Å². The summed E-state index contributed by atoms with van der Waals surface area (Å²) < 4.78 is 5.42. The van der Waals surface area contributed by atoms with E-state index >= 15 is 0 Å². The van der Waals surface area contributed by atoms with Crippen LogP contribution in [0.1, 0.15) is 11.1 Å². The van der Waals surface area contributed by atoms with E-state index in [4.69, 9.17) is 4.74 Å². The van der Waals surface area contributed by atoms with Crippen LogP contribution in [0.2, 0.25) is 0 Å². The number of anilines is 1. The topological polar surface area (TPSA) is 81.5 Å². The van der Waals surface area contributed by atoms with E-state index in [2.05, 4.69) is 5.32 Å². The first-order chi connectivity index (χ1) is 10.5. The summed E-state index contributed by atoms with van der Waals surface area (Å²) in [6, 6.07) is 11.2. The summed E-state index contributed by atoms with van der Waals surface area (Å²) >= 11 is 0. The number of nitrogens with zero attached hydrogens (tertiary/aromatic N) is 1. The molecule has 0 aliphatic rings. The van der Waals surface area contributed by atoms with Gasteiger partial charge in [0.15, 0.2) is 6.61 Å². The predicted molar refractivity (Wildman–Crippen MR) is 83.1 cm³/mol. The third kappa shape index (κ3) is 4.05. The fraction of sp³-hybridized carbons (Fsp3) is 0.188. The van der Waals surface area contributed by atoms with Crippen molar-refractivity contribution in [2.24, 2.45) is 0 Å². The molecular formula is C16H16N2O4. The summed E-state index contributed by atoms with van der Waals surface area (Å²) in [6.45, 7) is 3.85. The highest BCUT2D eigenvalue weighted by Gasteiger charge is 2.07. The molecule has 0 heterocycles. The molecule has 0 fully saturated rings. The Morgan fingerprint density at radius 1 is 1.14 bits per heavy atom. The third-order valence-corrected chi connectivity index (χ3v) is 3.21. The number of carbonyl (C=O) groups excluding carboxylic acids is 1. The molecule has 0 aliphatic heterocycles. The zero-order valence-electron chi connectivity index (χ0n) is 12.3. The van der Waals surface area contributed by atoms with Gasteiger partial charge in [0.2, 0.25) is 0 Å². The van der Waals surface area contributed by atoms with Gasteiger partial charge in [-0.3, -0.25) is 14.9 Å². The molecule has 6 nitrogen and oxygen atoms in total. The molecule has 2 aromatic carbocycles. The Labute approximate surface area is 127 Å². The largest absolute Gasteiger partial charge is 0.484 e. The summed E-state index contributed by atoms with van der Waals surface area (Å²) in [5, 5.41) is 13.2. The van der Waals surface area contributed by atoms with Crippen LogP contribution in [0.3, 0.4) is 0 Å². The molecule has 1 N–H and O–H groups in total. The number of hydrogen-bond acceptors (Lipinski definition) is 4. The quantitative estimate of drug-likeness (QED) is 0.679. The van der Waals surface area contributed by atoms with Crippen LogP contribution in [0.5, 0.6) is 5.75 Å². The number of rotatable bonds is 5. The lowest BCUT2D eigenvalue weighted by molar-refractivity contribution is -0.384. The maximum atomic E-state index is 11.8. The van der Waals surface area contributed by atoms with Gasteiger partial charge in [-0.15, -0.1) is 0 Å². The molecule has 0 bridgehead atoms. The Balaban J connectivity index is 1.89. The van der Waals surface area contributed by atoms with Crippen molar-refractivity contribution in [3.63, 3.8) is 0 Å². The van der Waals surface area contributed by atoms with Crippen molar-refractivity contribution in [3.8, 4) is 5.75 Å². The Hall–Kier alpha value is -2.89. The molecule has 0 radical (unpaired) electrons. The van der Waals surface area contributed by atoms with E-state index in [1.54, 1.807) is 0 Å². The van der Waals surface area contributed by atoms with Gasteiger partial charge in [-0.2, -0.15) is 0 Å². The number of hydrogen-bond donors (Lipinski definition) is 1. The second kappa shape index (κ2) is 6.71. The predicted octanol–water partition coefficient (Wildman–Crippen LogP) is 3.23. The molecule has 114 valence electrons. The molecule has 0 atom stereocenters. The summed E-state index contributed by atoms with van der Waals surface area (Å²) in [4.78, 5) is 21.8. The van der Waals surface area contributed by atoms with Crippen molar-refractivity contribution in [3.05, 3.63) is 63.7 Å². The number of nitro benzene ring substituents is 1. The van der Waals surface area contributed by atoms with Crippen LogP contribution in [0.15, 0.2) is 42.5 Å². The van der Waals surface area contributed by atoms with E-state index in [-0.39, 0.29) is 18.2 Å². The van der Waals surface area contributed by atoms with Crippen molar-refractivity contribution in [2.45, 2.75) is 13.8 Å². The maximum Gasteiger partial charge on any atom is 0.269 e. The summed E-state index contributed by atoms with van der Waals surface area (Å²) in [5.74, 6) is 0.300. The van der Waals surface area contributed by atoms with Crippen LogP contribution in [0, 0.1) is 24.0 Å². The normalized spacial score (nSPS) is 10.1. The summed E-state index contributed by atoms with van der Waals surface area (Å²) in [6.07, 6.45) is 0. The molecule has 0 saturated carbocycles. The molecule has 2 rings (SSSR count). The van der Waals surface area contributed by atoms with Gasteiger partial charge in [-0.25, -0.2) is 0 Å². The van der Waals surface area contributed by atoms with E-state index in [0.29, 0.717) is 11.4 Å². The number of benzene rings is 2. The van der Waals surface area contributed by atoms with E-state index in [9.17, 15) is 14.9 Å². The van der Waals surface area contributed by atoms with E-state index < -0.39 is 4.92 Å². The van der Waals surface area contributed by atoms with Crippen LogP contribution in [-0.2, 0) is 4.79 Å². The molecule has 6 heteroatoms. The van der Waals surface area contributed by atoms with Gasteiger partial charge in [-0.05, 0) is 49.2 Å². The number of nitro groups is 1. The third-order valence-electron chi connectivity index (χ3n) is 3.21. The molecule has 1 amide bonds. The van der Waals surface area contributed by atoms with Gasteiger partial charge in [0.25, 0.3) is 11.6 Å². The zero-order valence-corrected chi connectivity index (χ0v) is 12.3. The first-order valence-electron chi connectivity index (χ1n) is 6.70. The number of ether oxygens (including phenoxy) is 1. The second-order valence-electron chi connectivity index (χ2n) is 4.89. The molecule has 0 aromatic heterocycles. The van der Waals surface area contributed by atoms with E-state index in [0.717, 1.165) is 11.1 Å². The number of amides is 1. The number of aryl methyl sites for hydroxylation is 2. The van der Waals surface area contributed by atoms with Gasteiger partial charge in [0.05, 0.1) is 4.92 Å². The minimum atomic E-state index is -0.492. The molecule has 22 heavy (non-hydrogen) atoms. The van der Waals surface area contributed by atoms with Crippen LogP contribution in [0.25, 0.3) is 0 Å². The fourth-order valence-electron chi connectivity index (χ4n) is 1.82. The monoisotopic (exact) mass is 300 g/mol. The molecule has 0 aliphatic carbocycles. The van der Waals surface area contributed by atoms with Crippen molar-refractivity contribution in [1.29, 1.82) is 0 Å². The first-order valence-corrected chi connectivity index (χ1v) is 6.70. The molecule has 0 unspecified atom stereocenters. The summed E-state index contributed by atoms with van der Waals surface area (Å²) in [7, 11) is 0. The lowest BCUT2D eigenvalue weighted by Crippen LogP contribution is -2.20. The fourth-order valence-corrected chi connectivity index (χ4v) is 1.82. The van der Waals surface area contributed by atoms with Crippen LogP contribution in [-0.4, -0.2) is 17.4 Å². The van der Waals surface area contributed by atoms with Crippen LogP contribution < -0.4 is 10.1 Å². The Morgan fingerprint density at radius 3 is 2.41 bits per heavy atom. The van der Waals surface area contributed by atoms with Crippen LogP contribution in [0.4, 0.5) is 11.4 Å². The smallest absolute Gasteiger partial charge is 0.269 e. The van der Waals surface area contributed by atoms with Crippen molar-refractivity contribution < 1.29 is 14.5 Å². The highest BCUT2D eigenvalue weighted by Crippen LogP contribution is 2.17. The highest BCUT2D eigenvalue weighted by atomic mass is 16.6. The highest BCUT2D eigenvalue weighted by molar-refractivity contribution is 5.91. The van der Waals surface area contributed by atoms with Crippen molar-refractivity contribution in [2.75, 3.05) is 11.9 Å². The second-order valence-corrected chi connectivity index (χ2v) is 4.89. The molecule has 2 aromatic rings. The SMILES string of the molecule is Cc1ccc(OCC(=O)Nc2ccc([N+](=O)[O-])cc2)cc1C. The Bertz CT molecular complexity index is 696. The minimum Gasteiger partial charge on any atom is -0.484 e. The zero-order chi connectivity index (χ0) is 16.1. The number of nitrogens with one attached hydrogen (secondary N) is 1. The van der Waals surface area contributed by atoms with Gasteiger partial charge in [0, 0.05) is 17.8 Å². The van der Waals surface area contributed by atoms with Crippen molar-refractivity contribution >= 4 is 17.3 Å². The van der Waals surface area contributed by atoms with Crippen LogP contribution >= 0.6 is 0 Å². The summed E-state index contributed by atoms with van der Waals surface area (Å²) in [5.41, 5.74) is 2.71. The van der Waals surface area contributed by atoms with Gasteiger partial charge in [0.1, 0.15) is 5.75 Å². The average molecular weight is 300 g/mol. The molecular weight excluding hydrogens is 284 g/mol. The first kappa shape index (κ1) is 15.5. The minimum absolute atomic E-state index is 0.0237. The average Bonchev–Trinajstić information content (AvgIpc) is 2.49. The Morgan fingerprint density at radius 2 is 1.82 bits per heavy atom. The maximum absolute atomic E-state index is 11.8. The standard InChI is InChI=1S/C16H16N2O4/c1-11-3-8-15(9-12(11)2)22-10-16(19)17-13-4-6-14(7-5-13)18(20)21/h3-9H,10H2,1-2H3,(H,17,19). The van der Waals surface area contributed by atoms with Gasteiger partial charge in [-0.1, -0.05) is 6.07 Å². The lowest BCUT2D eigenvalue weighted by Gasteiger charge is -2.09. The molecule has 0 spiro atoms. The van der Waals surface area contributed by atoms with E-state index in [1.165, 1.54) is 24.3 Å². The van der Waals surface area contributed by atoms with Crippen molar-refractivity contribution in [1.82, 2.24) is 0 Å². The number of non-ortho nitro benzene ring substituents is 1. The van der Waals surface area contributed by atoms with E-state index in [1.807, 2.05) is 32.0 Å². The molecule has 0 saturated heterocycles. The number of carbonyl (C=O) groups is 1. The Kier molecular flexibility index (Phi) is 4.73. The lowest BCUT2D eigenvalue weighted by atomic mass is 10.1. The van der Waals surface area contributed by atoms with Gasteiger partial charge < -0.3 is 10.1 Å².